The standard InChI is InChI=1S/C15H21N5O/c16-7-11-3-1-2-4-12(11)8-18-15(21)13-9-19-20-6-5-17-10-14(13)20/h5-6,9-12H,1-4,7-8,16H2,(H,18,21). The summed E-state index contributed by atoms with van der Waals surface area (Å²) < 4.78 is 1.66. The Morgan fingerprint density at radius 3 is 2.95 bits per heavy atom. The first-order chi connectivity index (χ1) is 10.3. The van der Waals surface area contributed by atoms with Crippen LogP contribution in [0.4, 0.5) is 0 Å². The molecule has 3 rings (SSSR count). The number of hydrogen-bond acceptors (Lipinski definition) is 4. The fourth-order valence-corrected chi connectivity index (χ4v) is 3.19. The molecule has 3 N–H and O–H groups in total. The van der Waals surface area contributed by atoms with Crippen LogP contribution in [0.15, 0.2) is 24.8 Å². The van der Waals surface area contributed by atoms with Gasteiger partial charge >= 0.3 is 0 Å². The summed E-state index contributed by atoms with van der Waals surface area (Å²) in [5.74, 6) is 0.941. The molecule has 21 heavy (non-hydrogen) atoms. The van der Waals surface area contributed by atoms with Gasteiger partial charge in [0.1, 0.15) is 0 Å². The van der Waals surface area contributed by atoms with Gasteiger partial charge in [0.25, 0.3) is 5.91 Å². The van der Waals surface area contributed by atoms with E-state index in [1.807, 2.05) is 0 Å². The number of amides is 1. The van der Waals surface area contributed by atoms with Gasteiger partial charge < -0.3 is 11.1 Å². The molecule has 0 bridgehead atoms. The van der Waals surface area contributed by atoms with Crippen LogP contribution in [-0.4, -0.2) is 33.6 Å². The highest BCUT2D eigenvalue weighted by atomic mass is 16.1. The Kier molecular flexibility index (Phi) is 4.15. The number of nitrogens with one attached hydrogen (secondary N) is 1. The highest BCUT2D eigenvalue weighted by Gasteiger charge is 2.24. The summed E-state index contributed by atoms with van der Waals surface area (Å²) in [6, 6.07) is 0. The Morgan fingerprint density at radius 2 is 2.14 bits per heavy atom. The van der Waals surface area contributed by atoms with Gasteiger partial charge in [0.15, 0.2) is 0 Å². The van der Waals surface area contributed by atoms with Crippen LogP contribution in [0.2, 0.25) is 0 Å². The van der Waals surface area contributed by atoms with Gasteiger partial charge in [-0.1, -0.05) is 12.8 Å². The molecule has 2 aromatic heterocycles. The maximum atomic E-state index is 12.3. The van der Waals surface area contributed by atoms with Crippen molar-refractivity contribution in [1.29, 1.82) is 0 Å². The second-order valence-corrected chi connectivity index (χ2v) is 5.71. The van der Waals surface area contributed by atoms with Crippen molar-refractivity contribution in [1.82, 2.24) is 19.9 Å². The van der Waals surface area contributed by atoms with Crippen LogP contribution in [-0.2, 0) is 0 Å². The molecule has 1 aliphatic rings. The summed E-state index contributed by atoms with van der Waals surface area (Å²) in [4.78, 5) is 16.4. The van der Waals surface area contributed by atoms with E-state index in [2.05, 4.69) is 15.4 Å². The molecule has 1 aliphatic carbocycles. The monoisotopic (exact) mass is 287 g/mol. The van der Waals surface area contributed by atoms with Gasteiger partial charge in [-0.3, -0.25) is 9.78 Å². The van der Waals surface area contributed by atoms with Crippen LogP contribution >= 0.6 is 0 Å². The van der Waals surface area contributed by atoms with E-state index in [1.165, 1.54) is 19.3 Å². The van der Waals surface area contributed by atoms with Gasteiger partial charge in [-0.25, -0.2) is 4.52 Å². The molecule has 0 aliphatic heterocycles. The molecule has 6 heteroatoms. The van der Waals surface area contributed by atoms with E-state index < -0.39 is 0 Å². The molecule has 1 amide bonds. The summed E-state index contributed by atoms with van der Waals surface area (Å²) >= 11 is 0. The average molecular weight is 287 g/mol. The molecule has 6 nitrogen and oxygen atoms in total. The lowest BCUT2D eigenvalue weighted by Crippen LogP contribution is -2.36. The predicted octanol–water partition coefficient (Wildman–Crippen LogP) is 1.22. The highest BCUT2D eigenvalue weighted by Crippen LogP contribution is 2.28. The van der Waals surface area contributed by atoms with Crippen LogP contribution in [0.1, 0.15) is 36.0 Å². The Bertz CT molecular complexity index is 623. The summed E-state index contributed by atoms with van der Waals surface area (Å²) in [7, 11) is 0. The molecule has 2 heterocycles. The molecular formula is C15H21N5O. The second kappa shape index (κ2) is 6.22. The van der Waals surface area contributed by atoms with E-state index in [9.17, 15) is 4.79 Å². The van der Waals surface area contributed by atoms with Crippen molar-refractivity contribution in [3.63, 3.8) is 0 Å². The van der Waals surface area contributed by atoms with Crippen molar-refractivity contribution in [3.05, 3.63) is 30.4 Å². The predicted molar refractivity (Wildman–Crippen MR) is 79.8 cm³/mol. The Balaban J connectivity index is 1.66. The van der Waals surface area contributed by atoms with E-state index >= 15 is 0 Å². The minimum Gasteiger partial charge on any atom is -0.352 e. The lowest BCUT2D eigenvalue weighted by Gasteiger charge is -2.30. The topological polar surface area (TPSA) is 85.3 Å². The number of fused-ring (bicyclic) bond motifs is 1. The van der Waals surface area contributed by atoms with Crippen LogP contribution < -0.4 is 11.1 Å². The minimum absolute atomic E-state index is 0.0839. The quantitative estimate of drug-likeness (QED) is 0.885. The summed E-state index contributed by atoms with van der Waals surface area (Å²) in [6.07, 6.45) is 11.5. The van der Waals surface area contributed by atoms with E-state index in [0.29, 0.717) is 30.5 Å². The largest absolute Gasteiger partial charge is 0.352 e. The SMILES string of the molecule is NCC1CCCCC1CNC(=O)c1cnn2ccncc12. The maximum absolute atomic E-state index is 12.3. The number of nitrogens with two attached hydrogens (primary N) is 1. The summed E-state index contributed by atoms with van der Waals surface area (Å²) in [5.41, 5.74) is 7.14. The molecule has 1 saturated carbocycles. The third kappa shape index (κ3) is 2.90. The fourth-order valence-electron chi connectivity index (χ4n) is 3.19. The fraction of sp³-hybridized carbons (Fsp3) is 0.533. The van der Waals surface area contributed by atoms with Crippen molar-refractivity contribution < 1.29 is 4.79 Å². The van der Waals surface area contributed by atoms with E-state index in [1.54, 1.807) is 29.3 Å². The Hall–Kier alpha value is -1.95. The molecule has 0 aromatic carbocycles. The van der Waals surface area contributed by atoms with Gasteiger partial charge in [0.2, 0.25) is 0 Å². The van der Waals surface area contributed by atoms with Crippen molar-refractivity contribution >= 4 is 11.4 Å². The summed E-state index contributed by atoms with van der Waals surface area (Å²) in [5, 5.41) is 7.20. The lowest BCUT2D eigenvalue weighted by atomic mass is 9.79. The molecule has 112 valence electrons. The maximum Gasteiger partial charge on any atom is 0.255 e. The van der Waals surface area contributed by atoms with Crippen molar-refractivity contribution in [2.45, 2.75) is 25.7 Å². The Morgan fingerprint density at radius 1 is 1.33 bits per heavy atom. The molecule has 0 radical (unpaired) electrons. The molecular weight excluding hydrogens is 266 g/mol. The van der Waals surface area contributed by atoms with E-state index in [4.69, 9.17) is 5.73 Å². The van der Waals surface area contributed by atoms with Crippen LogP contribution in [0.25, 0.3) is 5.52 Å². The number of carbonyl (C=O) groups is 1. The lowest BCUT2D eigenvalue weighted by molar-refractivity contribution is 0.0936. The third-order valence-corrected chi connectivity index (χ3v) is 4.46. The number of aromatic nitrogens is 3. The molecule has 1 fully saturated rings. The molecule has 0 spiro atoms. The normalized spacial score (nSPS) is 22.3. The number of carbonyl (C=O) groups excluding carboxylic acids is 1. The first kappa shape index (κ1) is 14.0. The van der Waals surface area contributed by atoms with Gasteiger partial charge in [-0.05, 0) is 31.2 Å². The van der Waals surface area contributed by atoms with Gasteiger partial charge in [-0.15, -0.1) is 0 Å². The van der Waals surface area contributed by atoms with Gasteiger partial charge in [0, 0.05) is 18.9 Å². The minimum atomic E-state index is -0.0839. The zero-order chi connectivity index (χ0) is 14.7. The first-order valence-electron chi connectivity index (χ1n) is 7.55. The van der Waals surface area contributed by atoms with Crippen molar-refractivity contribution in [3.8, 4) is 0 Å². The van der Waals surface area contributed by atoms with Crippen LogP contribution in [0, 0.1) is 11.8 Å². The number of rotatable bonds is 4. The smallest absolute Gasteiger partial charge is 0.255 e. The molecule has 2 aromatic rings. The number of hydrogen-bond donors (Lipinski definition) is 2. The highest BCUT2D eigenvalue weighted by molar-refractivity contribution is 6.00. The van der Waals surface area contributed by atoms with Crippen LogP contribution in [0.5, 0.6) is 0 Å². The average Bonchev–Trinajstić information content (AvgIpc) is 2.97. The molecule has 0 saturated heterocycles. The van der Waals surface area contributed by atoms with Crippen molar-refractivity contribution in [2.24, 2.45) is 17.6 Å². The van der Waals surface area contributed by atoms with E-state index in [0.717, 1.165) is 11.9 Å². The Labute approximate surface area is 123 Å². The van der Waals surface area contributed by atoms with Crippen molar-refractivity contribution in [2.75, 3.05) is 13.1 Å². The second-order valence-electron chi connectivity index (χ2n) is 5.71. The molecule has 2 atom stereocenters. The van der Waals surface area contributed by atoms with E-state index in [-0.39, 0.29) is 5.91 Å². The van der Waals surface area contributed by atoms with Gasteiger partial charge in [-0.2, -0.15) is 5.10 Å². The number of nitrogens with zero attached hydrogens (tertiary/aromatic N) is 3. The summed E-state index contributed by atoms with van der Waals surface area (Å²) in [6.45, 7) is 1.40. The van der Waals surface area contributed by atoms with Crippen LogP contribution in [0.3, 0.4) is 0 Å². The molecule has 2 unspecified atom stereocenters. The zero-order valence-corrected chi connectivity index (χ0v) is 12.0. The van der Waals surface area contributed by atoms with Gasteiger partial charge in [0.05, 0.1) is 23.5 Å². The third-order valence-electron chi connectivity index (χ3n) is 4.46. The zero-order valence-electron chi connectivity index (χ0n) is 12.0. The first-order valence-corrected chi connectivity index (χ1v) is 7.55.